The number of benzene rings is 1. The molecular weight excluding hydrogens is 430 g/mol. The van der Waals surface area contributed by atoms with Crippen LogP contribution in [0.4, 0.5) is 8.78 Å². The van der Waals surface area contributed by atoms with Crippen LogP contribution in [0.15, 0.2) is 42.7 Å². The summed E-state index contributed by atoms with van der Waals surface area (Å²) in [6, 6.07) is 6.23. The van der Waals surface area contributed by atoms with Gasteiger partial charge in [0.15, 0.2) is 23.2 Å². The Kier molecular flexibility index (Phi) is 7.43. The first-order valence-corrected chi connectivity index (χ1v) is 9.75. The molecular formula is C21H19ClF2N4O3. The number of esters is 1. The third-order valence-electron chi connectivity index (χ3n) is 4.09. The molecule has 0 aliphatic rings. The first-order valence-electron chi connectivity index (χ1n) is 9.37. The molecule has 0 spiro atoms. The van der Waals surface area contributed by atoms with E-state index >= 15 is 0 Å². The fraction of sp³-hybridized carbons (Fsp3) is 0.238. The molecule has 0 bridgehead atoms. The van der Waals surface area contributed by atoms with Crippen LogP contribution in [-0.4, -0.2) is 33.6 Å². The number of hydrogen-bond acceptors (Lipinski definition) is 7. The maximum Gasteiger partial charge on any atom is 0.307 e. The van der Waals surface area contributed by atoms with Crippen LogP contribution in [0.5, 0.6) is 11.6 Å². The van der Waals surface area contributed by atoms with Gasteiger partial charge in [0.2, 0.25) is 0 Å². The first-order chi connectivity index (χ1) is 14.9. The molecule has 0 amide bonds. The Bertz CT molecular complexity index is 1080. The predicted molar refractivity (Wildman–Crippen MR) is 110 cm³/mol. The van der Waals surface area contributed by atoms with Crippen LogP contribution in [0.25, 0.3) is 11.4 Å². The van der Waals surface area contributed by atoms with Crippen LogP contribution in [0, 0.1) is 11.6 Å². The quantitative estimate of drug-likeness (QED) is 0.518. The lowest BCUT2D eigenvalue weighted by molar-refractivity contribution is -0.143. The topological polar surface area (TPSA) is 100 Å². The zero-order chi connectivity index (χ0) is 22.4. The van der Waals surface area contributed by atoms with Gasteiger partial charge in [0.1, 0.15) is 0 Å². The normalized spacial score (nSPS) is 11.8. The van der Waals surface area contributed by atoms with Crippen molar-refractivity contribution in [2.24, 2.45) is 5.73 Å². The number of rotatable bonds is 8. The predicted octanol–water partition coefficient (Wildman–Crippen LogP) is 4.09. The number of nitrogens with two attached hydrogens (primary N) is 1. The maximum atomic E-state index is 14.5. The van der Waals surface area contributed by atoms with Gasteiger partial charge in [-0.1, -0.05) is 11.6 Å². The molecule has 1 atom stereocenters. The van der Waals surface area contributed by atoms with Crippen molar-refractivity contribution in [2.45, 2.75) is 25.8 Å². The number of carbonyl (C=O) groups is 1. The lowest BCUT2D eigenvalue weighted by Crippen LogP contribution is -2.27. The van der Waals surface area contributed by atoms with Gasteiger partial charge in [-0.2, -0.15) is 0 Å². The molecule has 0 fully saturated rings. The Labute approximate surface area is 182 Å². The van der Waals surface area contributed by atoms with E-state index in [0.29, 0.717) is 17.7 Å². The van der Waals surface area contributed by atoms with Crippen LogP contribution in [0.2, 0.25) is 5.02 Å². The van der Waals surface area contributed by atoms with Crippen molar-refractivity contribution in [1.82, 2.24) is 15.0 Å². The average Bonchev–Trinajstić information content (AvgIpc) is 2.71. The molecule has 2 heterocycles. The zero-order valence-corrected chi connectivity index (χ0v) is 17.3. The van der Waals surface area contributed by atoms with Gasteiger partial charge >= 0.3 is 5.97 Å². The Morgan fingerprint density at radius 2 is 2.00 bits per heavy atom. The summed E-state index contributed by atoms with van der Waals surface area (Å²) in [4.78, 5) is 23.8. The molecule has 2 aromatic heterocycles. The van der Waals surface area contributed by atoms with Crippen LogP contribution in [-0.2, 0) is 16.0 Å². The Balaban J connectivity index is 1.73. The molecule has 2 N–H and O–H groups in total. The van der Waals surface area contributed by atoms with Gasteiger partial charge in [-0.05, 0) is 37.3 Å². The summed E-state index contributed by atoms with van der Waals surface area (Å²) < 4.78 is 38.4. The highest BCUT2D eigenvalue weighted by atomic mass is 35.5. The Hall–Kier alpha value is -3.17. The molecule has 3 rings (SSSR count). The minimum atomic E-state index is -0.814. The van der Waals surface area contributed by atoms with Gasteiger partial charge in [0, 0.05) is 36.1 Å². The number of pyridine rings is 1. The maximum absolute atomic E-state index is 14.5. The van der Waals surface area contributed by atoms with E-state index in [0.717, 1.165) is 6.07 Å². The number of halogens is 3. The number of aromatic nitrogens is 3. The second-order valence-corrected chi connectivity index (χ2v) is 6.97. The standard InChI is InChI=1S/C21H19ClF2N4O3/c1-2-30-19(29)10-14(25)9-15-5-6-26-20(28-15)12-3-4-18(16(23)7-12)31-21-17(24)8-13(22)11-27-21/h3-8,11,14H,2,9-10,25H2,1H3. The van der Waals surface area contributed by atoms with Crippen molar-refractivity contribution in [3.05, 3.63) is 65.1 Å². The van der Waals surface area contributed by atoms with E-state index in [4.69, 9.17) is 26.8 Å². The van der Waals surface area contributed by atoms with Crippen LogP contribution >= 0.6 is 11.6 Å². The van der Waals surface area contributed by atoms with Crippen molar-refractivity contribution < 1.29 is 23.0 Å². The van der Waals surface area contributed by atoms with E-state index < -0.39 is 23.6 Å². The van der Waals surface area contributed by atoms with E-state index in [2.05, 4.69) is 15.0 Å². The Morgan fingerprint density at radius 1 is 1.19 bits per heavy atom. The average molecular weight is 449 g/mol. The van der Waals surface area contributed by atoms with Gasteiger partial charge in [-0.3, -0.25) is 4.79 Å². The third-order valence-corrected chi connectivity index (χ3v) is 4.30. The lowest BCUT2D eigenvalue weighted by atomic mass is 10.1. The van der Waals surface area contributed by atoms with E-state index in [-0.39, 0.29) is 35.6 Å². The molecule has 0 saturated heterocycles. The second kappa shape index (κ2) is 10.2. The smallest absolute Gasteiger partial charge is 0.307 e. The molecule has 162 valence electrons. The zero-order valence-electron chi connectivity index (χ0n) is 16.5. The van der Waals surface area contributed by atoms with Gasteiger partial charge < -0.3 is 15.2 Å². The summed E-state index contributed by atoms with van der Waals surface area (Å²) in [5.74, 6) is -2.29. The third kappa shape index (κ3) is 6.16. The van der Waals surface area contributed by atoms with E-state index in [1.54, 1.807) is 13.0 Å². The molecule has 10 heteroatoms. The monoisotopic (exact) mass is 448 g/mol. The number of nitrogens with zero attached hydrogens (tertiary/aromatic N) is 3. The van der Waals surface area contributed by atoms with Crippen molar-refractivity contribution in [1.29, 1.82) is 0 Å². The molecule has 0 aliphatic carbocycles. The summed E-state index contributed by atoms with van der Waals surface area (Å²) >= 11 is 5.65. The van der Waals surface area contributed by atoms with Gasteiger partial charge in [-0.25, -0.2) is 23.7 Å². The van der Waals surface area contributed by atoms with Crippen LogP contribution in [0.3, 0.4) is 0 Å². The fourth-order valence-electron chi connectivity index (χ4n) is 2.73. The highest BCUT2D eigenvalue weighted by molar-refractivity contribution is 6.30. The summed E-state index contributed by atoms with van der Waals surface area (Å²) in [5, 5.41) is 0.0969. The largest absolute Gasteiger partial charge is 0.466 e. The number of carbonyl (C=O) groups excluding carboxylic acids is 1. The minimum absolute atomic E-state index is 0.0587. The molecule has 1 unspecified atom stereocenters. The molecule has 0 saturated carbocycles. The molecule has 1 aromatic carbocycles. The summed E-state index contributed by atoms with van der Waals surface area (Å²) in [7, 11) is 0. The number of ether oxygens (including phenoxy) is 2. The fourth-order valence-corrected chi connectivity index (χ4v) is 2.87. The van der Waals surface area contributed by atoms with Crippen molar-refractivity contribution >= 4 is 17.6 Å². The second-order valence-electron chi connectivity index (χ2n) is 6.53. The van der Waals surface area contributed by atoms with Crippen molar-refractivity contribution in [3.63, 3.8) is 0 Å². The number of hydrogen-bond donors (Lipinski definition) is 1. The highest BCUT2D eigenvalue weighted by Gasteiger charge is 2.15. The molecule has 31 heavy (non-hydrogen) atoms. The van der Waals surface area contributed by atoms with E-state index in [9.17, 15) is 13.6 Å². The highest BCUT2D eigenvalue weighted by Crippen LogP contribution is 2.29. The van der Waals surface area contributed by atoms with E-state index in [1.165, 1.54) is 30.6 Å². The van der Waals surface area contributed by atoms with E-state index in [1.807, 2.05) is 0 Å². The Morgan fingerprint density at radius 3 is 2.71 bits per heavy atom. The van der Waals surface area contributed by atoms with Gasteiger partial charge in [0.05, 0.1) is 18.1 Å². The minimum Gasteiger partial charge on any atom is -0.466 e. The summed E-state index contributed by atoms with van der Waals surface area (Å²) in [6.45, 7) is 2.01. The van der Waals surface area contributed by atoms with Crippen molar-refractivity contribution in [2.75, 3.05) is 6.61 Å². The lowest BCUT2D eigenvalue weighted by Gasteiger charge is -2.11. The van der Waals surface area contributed by atoms with Gasteiger partial charge in [-0.15, -0.1) is 0 Å². The summed E-state index contributed by atoms with van der Waals surface area (Å²) in [5.41, 5.74) is 6.96. The van der Waals surface area contributed by atoms with Gasteiger partial charge in [0.25, 0.3) is 5.88 Å². The molecule has 3 aromatic rings. The first kappa shape index (κ1) is 22.5. The summed E-state index contributed by atoms with van der Waals surface area (Å²) in [6.07, 6.45) is 3.09. The van der Waals surface area contributed by atoms with Crippen molar-refractivity contribution in [3.8, 4) is 23.0 Å². The molecule has 7 nitrogen and oxygen atoms in total. The van der Waals surface area contributed by atoms with Crippen LogP contribution < -0.4 is 10.5 Å². The molecule has 0 radical (unpaired) electrons. The van der Waals surface area contributed by atoms with Crippen LogP contribution in [0.1, 0.15) is 19.0 Å². The SMILES string of the molecule is CCOC(=O)CC(N)Cc1ccnc(-c2ccc(Oc3ncc(Cl)cc3F)c(F)c2)n1. The molecule has 0 aliphatic heterocycles.